The smallest absolute Gasteiger partial charge is 0.276 e. The predicted octanol–water partition coefficient (Wildman–Crippen LogP) is 3.17. The lowest BCUT2D eigenvalue weighted by Gasteiger charge is -2.35. The maximum absolute atomic E-state index is 12.6. The van der Waals surface area contributed by atoms with Crippen LogP contribution in [0.15, 0.2) is 30.5 Å². The number of hydrogen-bond acceptors (Lipinski definition) is 3. The van der Waals surface area contributed by atoms with E-state index in [4.69, 9.17) is 23.2 Å². The number of carbonyl (C=O) groups excluding carboxylic acids is 1. The third-order valence-corrected chi connectivity index (χ3v) is 4.50. The van der Waals surface area contributed by atoms with Crippen LogP contribution < -0.4 is 4.90 Å². The zero-order valence-corrected chi connectivity index (χ0v) is 14.4. The van der Waals surface area contributed by atoms with Gasteiger partial charge in [-0.3, -0.25) is 9.48 Å². The van der Waals surface area contributed by atoms with Crippen molar-refractivity contribution in [3.63, 3.8) is 0 Å². The quantitative estimate of drug-likeness (QED) is 0.851. The fourth-order valence-corrected chi connectivity index (χ4v) is 3.11. The zero-order chi connectivity index (χ0) is 16.4. The summed E-state index contributed by atoms with van der Waals surface area (Å²) in [5.41, 5.74) is 1.42. The van der Waals surface area contributed by atoms with Gasteiger partial charge in [-0.05, 0) is 25.1 Å². The van der Waals surface area contributed by atoms with Crippen LogP contribution in [0.2, 0.25) is 10.0 Å². The van der Waals surface area contributed by atoms with Gasteiger partial charge in [0.2, 0.25) is 0 Å². The molecule has 1 aromatic heterocycles. The lowest BCUT2D eigenvalue weighted by molar-refractivity contribution is 0.0740. The van der Waals surface area contributed by atoms with Crippen LogP contribution in [0.5, 0.6) is 0 Å². The van der Waals surface area contributed by atoms with Crippen molar-refractivity contribution in [2.24, 2.45) is 0 Å². The van der Waals surface area contributed by atoms with Gasteiger partial charge in [0, 0.05) is 49.6 Å². The predicted molar refractivity (Wildman–Crippen MR) is 92.5 cm³/mol. The minimum atomic E-state index is -0.104. The first-order chi connectivity index (χ1) is 11.1. The molecule has 1 aliphatic rings. The number of anilines is 1. The summed E-state index contributed by atoms with van der Waals surface area (Å²) < 4.78 is 1.68. The molecule has 0 bridgehead atoms. The number of nitrogens with zero attached hydrogens (tertiary/aromatic N) is 4. The maximum atomic E-state index is 12.6. The molecule has 1 fully saturated rings. The van der Waals surface area contributed by atoms with Crippen LogP contribution in [0, 0.1) is 0 Å². The molecule has 1 saturated heterocycles. The Kier molecular flexibility index (Phi) is 4.78. The Bertz CT molecular complexity index is 708. The molecule has 0 spiro atoms. The number of rotatable bonds is 3. The largest absolute Gasteiger partial charge is 0.368 e. The van der Waals surface area contributed by atoms with Crippen molar-refractivity contribution in [1.29, 1.82) is 0 Å². The van der Waals surface area contributed by atoms with Crippen molar-refractivity contribution in [2.45, 2.75) is 13.5 Å². The van der Waals surface area contributed by atoms with E-state index in [9.17, 15) is 4.79 Å². The standard InChI is InChI=1S/C16H18Cl2N4O/c1-2-22-11-14(18)15(19-22)16(23)21-8-6-20(7-9-21)13-5-3-4-12(17)10-13/h3-5,10-11H,2,6-9H2,1H3. The highest BCUT2D eigenvalue weighted by Crippen LogP contribution is 2.22. The summed E-state index contributed by atoms with van der Waals surface area (Å²) in [4.78, 5) is 16.6. The van der Waals surface area contributed by atoms with Gasteiger partial charge >= 0.3 is 0 Å². The van der Waals surface area contributed by atoms with Crippen molar-refractivity contribution in [1.82, 2.24) is 14.7 Å². The normalized spacial score (nSPS) is 15.1. The molecule has 1 aromatic carbocycles. The lowest BCUT2D eigenvalue weighted by Crippen LogP contribution is -2.49. The topological polar surface area (TPSA) is 41.4 Å². The third-order valence-electron chi connectivity index (χ3n) is 3.98. The minimum absolute atomic E-state index is 0.104. The molecule has 1 amide bonds. The van der Waals surface area contributed by atoms with Crippen LogP contribution in [-0.4, -0.2) is 46.8 Å². The average Bonchev–Trinajstić information content (AvgIpc) is 2.95. The number of hydrogen-bond donors (Lipinski definition) is 0. The van der Waals surface area contributed by atoms with Gasteiger partial charge in [-0.25, -0.2) is 0 Å². The van der Waals surface area contributed by atoms with Crippen LogP contribution in [0.4, 0.5) is 5.69 Å². The van der Waals surface area contributed by atoms with Crippen LogP contribution >= 0.6 is 23.2 Å². The number of carbonyl (C=O) groups is 1. The van der Waals surface area contributed by atoms with E-state index in [-0.39, 0.29) is 5.91 Å². The zero-order valence-electron chi connectivity index (χ0n) is 12.9. The Labute approximate surface area is 145 Å². The van der Waals surface area contributed by atoms with Crippen molar-refractivity contribution in [3.05, 3.63) is 46.2 Å². The average molecular weight is 353 g/mol. The van der Waals surface area contributed by atoms with Crippen molar-refractivity contribution in [3.8, 4) is 0 Å². The first-order valence-electron chi connectivity index (χ1n) is 7.61. The summed E-state index contributed by atoms with van der Waals surface area (Å²) in [6.45, 7) is 5.45. The van der Waals surface area contributed by atoms with Gasteiger partial charge in [-0.2, -0.15) is 5.10 Å². The van der Waals surface area contributed by atoms with Gasteiger partial charge in [0.1, 0.15) is 0 Å². The Morgan fingerprint density at radius 3 is 2.57 bits per heavy atom. The second-order valence-corrected chi connectivity index (χ2v) is 6.28. The van der Waals surface area contributed by atoms with Gasteiger partial charge < -0.3 is 9.80 Å². The van der Waals surface area contributed by atoms with Gasteiger partial charge in [0.15, 0.2) is 5.69 Å². The van der Waals surface area contributed by atoms with Gasteiger partial charge in [0.25, 0.3) is 5.91 Å². The first kappa shape index (κ1) is 16.1. The number of aromatic nitrogens is 2. The van der Waals surface area contributed by atoms with Crippen LogP contribution in [-0.2, 0) is 6.54 Å². The number of amides is 1. The molecule has 0 radical (unpaired) electrons. The Balaban J connectivity index is 1.66. The Morgan fingerprint density at radius 2 is 1.96 bits per heavy atom. The van der Waals surface area contributed by atoms with E-state index in [1.165, 1.54) is 0 Å². The highest BCUT2D eigenvalue weighted by molar-refractivity contribution is 6.33. The van der Waals surface area contributed by atoms with Gasteiger partial charge in [-0.1, -0.05) is 29.3 Å². The molecule has 3 rings (SSSR count). The highest BCUT2D eigenvalue weighted by Gasteiger charge is 2.26. The number of piperazine rings is 1. The molecular weight excluding hydrogens is 335 g/mol. The van der Waals surface area contributed by atoms with Crippen molar-refractivity contribution < 1.29 is 4.79 Å². The monoisotopic (exact) mass is 352 g/mol. The molecule has 2 heterocycles. The Morgan fingerprint density at radius 1 is 1.22 bits per heavy atom. The van der Waals surface area contributed by atoms with E-state index in [1.807, 2.05) is 31.2 Å². The molecule has 5 nitrogen and oxygen atoms in total. The molecule has 1 aliphatic heterocycles. The summed E-state index contributed by atoms with van der Waals surface area (Å²) in [6, 6.07) is 7.77. The van der Waals surface area contributed by atoms with E-state index < -0.39 is 0 Å². The molecule has 122 valence electrons. The number of aryl methyl sites for hydroxylation is 1. The van der Waals surface area contributed by atoms with Crippen LogP contribution in [0.3, 0.4) is 0 Å². The second kappa shape index (κ2) is 6.81. The van der Waals surface area contributed by atoms with E-state index in [0.717, 1.165) is 23.8 Å². The van der Waals surface area contributed by atoms with E-state index >= 15 is 0 Å². The van der Waals surface area contributed by atoms with E-state index in [0.29, 0.717) is 30.4 Å². The van der Waals surface area contributed by atoms with Crippen molar-refractivity contribution >= 4 is 34.8 Å². The number of halogens is 2. The van der Waals surface area contributed by atoms with Crippen LogP contribution in [0.1, 0.15) is 17.4 Å². The molecular formula is C16H18Cl2N4O. The van der Waals surface area contributed by atoms with E-state index in [1.54, 1.807) is 15.8 Å². The fourth-order valence-electron chi connectivity index (χ4n) is 2.69. The molecule has 7 heteroatoms. The fraction of sp³-hybridized carbons (Fsp3) is 0.375. The third kappa shape index (κ3) is 3.46. The summed E-state index contributed by atoms with van der Waals surface area (Å²) in [7, 11) is 0. The SMILES string of the molecule is CCn1cc(Cl)c(C(=O)N2CCN(c3cccc(Cl)c3)CC2)n1. The summed E-state index contributed by atoms with van der Waals surface area (Å²) >= 11 is 12.2. The highest BCUT2D eigenvalue weighted by atomic mass is 35.5. The minimum Gasteiger partial charge on any atom is -0.368 e. The van der Waals surface area contributed by atoms with Crippen molar-refractivity contribution in [2.75, 3.05) is 31.1 Å². The Hall–Kier alpha value is -1.72. The molecule has 2 aromatic rings. The number of benzene rings is 1. The summed E-state index contributed by atoms with van der Waals surface area (Å²) in [5, 5.41) is 5.39. The lowest BCUT2D eigenvalue weighted by atomic mass is 10.2. The molecule has 0 aliphatic carbocycles. The molecule has 0 unspecified atom stereocenters. The molecule has 23 heavy (non-hydrogen) atoms. The van der Waals surface area contributed by atoms with E-state index in [2.05, 4.69) is 10.00 Å². The summed E-state index contributed by atoms with van der Waals surface area (Å²) in [5.74, 6) is -0.104. The summed E-state index contributed by atoms with van der Waals surface area (Å²) in [6.07, 6.45) is 1.69. The molecule has 0 saturated carbocycles. The van der Waals surface area contributed by atoms with Gasteiger partial charge in [0.05, 0.1) is 5.02 Å². The first-order valence-corrected chi connectivity index (χ1v) is 8.37. The maximum Gasteiger partial charge on any atom is 0.276 e. The van der Waals surface area contributed by atoms with Crippen LogP contribution in [0.25, 0.3) is 0 Å². The molecule has 0 N–H and O–H groups in total. The molecule has 0 atom stereocenters. The second-order valence-electron chi connectivity index (χ2n) is 5.44. The van der Waals surface area contributed by atoms with Gasteiger partial charge in [-0.15, -0.1) is 0 Å².